The van der Waals surface area contributed by atoms with Gasteiger partial charge < -0.3 is 14.9 Å². The van der Waals surface area contributed by atoms with Gasteiger partial charge in [0.25, 0.3) is 0 Å². The largest absolute Gasteiger partial charge is 2.00 e. The number of pyridine rings is 2. The average Bonchev–Trinajstić information content (AvgIpc) is 2.85. The van der Waals surface area contributed by atoms with Gasteiger partial charge in [0, 0.05) is 18.1 Å². The van der Waals surface area contributed by atoms with E-state index in [1.807, 2.05) is 67.0 Å². The number of hydrogen-bond acceptors (Lipinski definition) is 3. The van der Waals surface area contributed by atoms with E-state index in [0.717, 1.165) is 39.6 Å². The monoisotopic (exact) mass is 620 g/mol. The summed E-state index contributed by atoms with van der Waals surface area (Å²) in [6, 6.07) is 38.0. The fourth-order valence-electron chi connectivity index (χ4n) is 3.83. The summed E-state index contributed by atoms with van der Waals surface area (Å²) in [7, 11) is 0. The summed E-state index contributed by atoms with van der Waals surface area (Å²) in [4.78, 5) is 11.3. The Hall–Kier alpha value is -3.55. The van der Waals surface area contributed by atoms with Gasteiger partial charge in [-0.3, -0.25) is 0 Å². The van der Waals surface area contributed by atoms with E-state index in [2.05, 4.69) is 77.2 Å². The van der Waals surface area contributed by atoms with Gasteiger partial charge in [0.1, 0.15) is 0 Å². The van der Waals surface area contributed by atoms with Gasteiger partial charge in [-0.05, 0) is 60.9 Å². The molecule has 3 aromatic carbocycles. The molecule has 168 valence electrons. The molecule has 0 N–H and O–H groups in total. The molecule has 0 radical (unpaired) electrons. The fourth-order valence-corrected chi connectivity index (χ4v) is 3.83. The molecule has 4 heteroatoms. The molecule has 0 saturated heterocycles. The van der Waals surface area contributed by atoms with Crippen molar-refractivity contribution in [3.05, 3.63) is 127 Å². The zero-order valence-electron chi connectivity index (χ0n) is 19.0. The van der Waals surface area contributed by atoms with E-state index in [1.54, 1.807) is 0 Å². The van der Waals surface area contributed by atoms with E-state index >= 15 is 0 Å². The third kappa shape index (κ3) is 5.16. The van der Waals surface area contributed by atoms with Gasteiger partial charge in [-0.2, -0.15) is 0 Å². The molecular formula is C30H23N3Pt. The second-order valence-corrected chi connectivity index (χ2v) is 8.01. The molecule has 34 heavy (non-hydrogen) atoms. The molecule has 0 amide bonds. The SMILES string of the molecule is Cc1ccnc(-c2[c-]c(N(c3[c-]c(-c4cc(C)ccn4)ccc3)c3ccccc3)ccc2)c1.[Pt+2]. The topological polar surface area (TPSA) is 29.0 Å². The first kappa shape index (κ1) is 23.6. The summed E-state index contributed by atoms with van der Waals surface area (Å²) in [5, 5.41) is 0. The Morgan fingerprint density at radius 1 is 0.588 bits per heavy atom. The first-order chi connectivity index (χ1) is 16.2. The zero-order chi connectivity index (χ0) is 22.6. The molecule has 2 aromatic heterocycles. The van der Waals surface area contributed by atoms with Crippen LogP contribution in [0, 0.1) is 26.0 Å². The summed E-state index contributed by atoms with van der Waals surface area (Å²) in [6.07, 6.45) is 3.68. The molecule has 0 bridgehead atoms. The number of nitrogens with zero attached hydrogens (tertiary/aromatic N) is 3. The number of rotatable bonds is 5. The van der Waals surface area contributed by atoms with Crippen LogP contribution in [0.2, 0.25) is 0 Å². The van der Waals surface area contributed by atoms with Crippen LogP contribution in [0.5, 0.6) is 0 Å². The first-order valence-corrected chi connectivity index (χ1v) is 10.9. The summed E-state index contributed by atoms with van der Waals surface area (Å²) >= 11 is 0. The molecule has 0 unspecified atom stereocenters. The minimum Gasteiger partial charge on any atom is -0.346 e. The second kappa shape index (κ2) is 10.6. The van der Waals surface area contributed by atoms with Crippen LogP contribution in [-0.2, 0) is 21.1 Å². The summed E-state index contributed by atoms with van der Waals surface area (Å²) in [5.74, 6) is 0. The maximum Gasteiger partial charge on any atom is 2.00 e. The molecule has 5 aromatic rings. The third-order valence-corrected chi connectivity index (χ3v) is 5.44. The van der Waals surface area contributed by atoms with E-state index < -0.39 is 0 Å². The first-order valence-electron chi connectivity index (χ1n) is 10.9. The smallest absolute Gasteiger partial charge is 0.346 e. The standard InChI is InChI=1S/C30H23N3.Pt/c1-22-14-16-31-29(18-22)24-8-6-12-27(20-24)33(26-10-4-3-5-11-26)28-13-7-9-25(21-28)30-19-23(2)15-17-32-30;/h3-19H,1-2H3;/q-2;+2. The number of benzene rings is 3. The van der Waals surface area contributed by atoms with Crippen LogP contribution in [-0.4, -0.2) is 9.97 Å². The van der Waals surface area contributed by atoms with Crippen LogP contribution < -0.4 is 4.90 Å². The zero-order valence-corrected chi connectivity index (χ0v) is 21.2. The predicted molar refractivity (Wildman–Crippen MR) is 135 cm³/mol. The van der Waals surface area contributed by atoms with Crippen LogP contribution >= 0.6 is 0 Å². The van der Waals surface area contributed by atoms with E-state index in [-0.39, 0.29) is 21.1 Å². The van der Waals surface area contributed by atoms with Gasteiger partial charge in [-0.15, -0.1) is 59.7 Å². The van der Waals surface area contributed by atoms with Crippen molar-refractivity contribution in [3.63, 3.8) is 0 Å². The maximum absolute atomic E-state index is 4.55. The minimum atomic E-state index is 0. The Morgan fingerprint density at radius 3 is 1.56 bits per heavy atom. The molecule has 0 spiro atoms. The van der Waals surface area contributed by atoms with Gasteiger partial charge in [-0.25, -0.2) is 0 Å². The number of anilines is 3. The van der Waals surface area contributed by atoms with Crippen LogP contribution in [0.4, 0.5) is 17.1 Å². The molecule has 0 fully saturated rings. The molecule has 0 aliphatic rings. The molecule has 0 aliphatic heterocycles. The number of aryl methyl sites for hydroxylation is 2. The average molecular weight is 621 g/mol. The summed E-state index contributed by atoms with van der Waals surface area (Å²) in [6.45, 7) is 4.15. The maximum atomic E-state index is 4.55. The number of para-hydroxylation sites is 1. The van der Waals surface area contributed by atoms with Crippen LogP contribution in [0.3, 0.4) is 0 Å². The van der Waals surface area contributed by atoms with Crippen LogP contribution in [0.25, 0.3) is 22.5 Å². The summed E-state index contributed by atoms with van der Waals surface area (Å²) < 4.78 is 0. The van der Waals surface area contributed by atoms with Crippen molar-refractivity contribution in [3.8, 4) is 22.5 Å². The van der Waals surface area contributed by atoms with Crippen molar-refractivity contribution in [1.82, 2.24) is 9.97 Å². The minimum absolute atomic E-state index is 0. The van der Waals surface area contributed by atoms with Crippen molar-refractivity contribution < 1.29 is 21.1 Å². The second-order valence-electron chi connectivity index (χ2n) is 8.01. The Labute approximate surface area is 215 Å². The van der Waals surface area contributed by atoms with Crippen LogP contribution in [0.15, 0.2) is 103 Å². The molecule has 0 aliphatic carbocycles. The molecule has 5 rings (SSSR count). The van der Waals surface area contributed by atoms with Crippen molar-refractivity contribution in [2.24, 2.45) is 0 Å². The molecule has 3 nitrogen and oxygen atoms in total. The Bertz CT molecular complexity index is 1310. The summed E-state index contributed by atoms with van der Waals surface area (Å²) in [5.41, 5.74) is 8.95. The van der Waals surface area contributed by atoms with Crippen molar-refractivity contribution in [1.29, 1.82) is 0 Å². The van der Waals surface area contributed by atoms with Gasteiger partial charge in [0.2, 0.25) is 0 Å². The van der Waals surface area contributed by atoms with Gasteiger partial charge in [-0.1, -0.05) is 41.5 Å². The molecule has 0 atom stereocenters. The van der Waals surface area contributed by atoms with Gasteiger partial charge in [0.15, 0.2) is 0 Å². The van der Waals surface area contributed by atoms with E-state index in [9.17, 15) is 0 Å². The van der Waals surface area contributed by atoms with E-state index in [1.165, 1.54) is 11.1 Å². The van der Waals surface area contributed by atoms with Crippen LogP contribution in [0.1, 0.15) is 11.1 Å². The Morgan fingerprint density at radius 2 is 1.09 bits per heavy atom. The predicted octanol–water partition coefficient (Wildman–Crippen LogP) is 7.50. The van der Waals surface area contributed by atoms with Crippen molar-refractivity contribution in [2.75, 3.05) is 4.90 Å². The molecular weight excluding hydrogens is 597 g/mol. The van der Waals surface area contributed by atoms with Gasteiger partial charge >= 0.3 is 21.1 Å². The fraction of sp³-hybridized carbons (Fsp3) is 0.0667. The van der Waals surface area contributed by atoms with E-state index in [4.69, 9.17) is 0 Å². The Kier molecular flexibility index (Phi) is 7.35. The van der Waals surface area contributed by atoms with Crippen molar-refractivity contribution in [2.45, 2.75) is 13.8 Å². The van der Waals surface area contributed by atoms with Gasteiger partial charge in [0.05, 0.1) is 0 Å². The third-order valence-electron chi connectivity index (χ3n) is 5.44. The molecule has 0 saturated carbocycles. The quantitative estimate of drug-likeness (QED) is 0.191. The normalized spacial score (nSPS) is 10.4. The Balaban J connectivity index is 0.00000274. The van der Waals surface area contributed by atoms with E-state index in [0.29, 0.717) is 0 Å². The number of hydrogen-bond donors (Lipinski definition) is 0. The van der Waals surface area contributed by atoms with Crippen molar-refractivity contribution >= 4 is 17.1 Å². The number of aromatic nitrogens is 2. The molecule has 2 heterocycles.